The van der Waals surface area contributed by atoms with Crippen LogP contribution in [0.1, 0.15) is 10.4 Å². The van der Waals surface area contributed by atoms with Crippen LogP contribution in [0.3, 0.4) is 0 Å². The standard InChI is InChI=1S/C11H14N2O3S/c12-9(11(15)16)6-17-7-13-10(14)8-4-2-1-3-5-8/h1-5,9H,6-7,12H2,(H,13,14)(H,15,16)/p+1. The molecule has 1 amide bonds. The largest absolute Gasteiger partial charge is 0.477 e. The van der Waals surface area contributed by atoms with Crippen LogP contribution in [0.4, 0.5) is 0 Å². The van der Waals surface area contributed by atoms with Gasteiger partial charge in [0, 0.05) is 5.56 Å². The molecule has 1 atom stereocenters. The number of hydrogen-bond acceptors (Lipinski definition) is 3. The molecule has 0 radical (unpaired) electrons. The fourth-order valence-corrected chi connectivity index (χ4v) is 1.86. The Morgan fingerprint density at radius 2 is 2.00 bits per heavy atom. The van der Waals surface area contributed by atoms with Crippen molar-refractivity contribution < 1.29 is 20.4 Å². The molecule has 1 rings (SSSR count). The van der Waals surface area contributed by atoms with E-state index in [4.69, 9.17) is 5.11 Å². The minimum absolute atomic E-state index is 0.158. The number of thioether (sulfide) groups is 1. The molecule has 0 fully saturated rings. The van der Waals surface area contributed by atoms with Crippen molar-refractivity contribution in [2.45, 2.75) is 6.04 Å². The molecule has 0 heterocycles. The van der Waals surface area contributed by atoms with Gasteiger partial charge in [-0.15, -0.1) is 11.8 Å². The van der Waals surface area contributed by atoms with E-state index in [2.05, 4.69) is 11.1 Å². The molecule has 1 aromatic carbocycles. The van der Waals surface area contributed by atoms with Crippen molar-refractivity contribution in [3.05, 3.63) is 35.9 Å². The maximum atomic E-state index is 11.6. The number of rotatable bonds is 6. The van der Waals surface area contributed by atoms with Crippen LogP contribution < -0.4 is 11.1 Å². The quantitative estimate of drug-likeness (QED) is 0.485. The Kier molecular flexibility index (Phi) is 5.51. The third-order valence-electron chi connectivity index (χ3n) is 2.04. The summed E-state index contributed by atoms with van der Waals surface area (Å²) in [6.45, 7) is 0. The van der Waals surface area contributed by atoms with Crippen molar-refractivity contribution in [2.24, 2.45) is 0 Å². The number of benzene rings is 1. The van der Waals surface area contributed by atoms with Crippen molar-refractivity contribution >= 4 is 23.6 Å². The van der Waals surface area contributed by atoms with Crippen molar-refractivity contribution in [1.29, 1.82) is 0 Å². The zero-order valence-electron chi connectivity index (χ0n) is 9.26. The number of carboxylic acids is 1. The SMILES string of the molecule is [NH3+]C(CSCNC(=O)c1ccccc1)C(=O)O. The van der Waals surface area contributed by atoms with Crippen LogP contribution in [0.15, 0.2) is 30.3 Å². The molecule has 6 heteroatoms. The molecule has 0 saturated carbocycles. The van der Waals surface area contributed by atoms with E-state index in [1.807, 2.05) is 6.07 Å². The summed E-state index contributed by atoms with van der Waals surface area (Å²) in [5, 5.41) is 11.3. The highest BCUT2D eigenvalue weighted by Crippen LogP contribution is 2.01. The predicted molar refractivity (Wildman–Crippen MR) is 65.5 cm³/mol. The van der Waals surface area contributed by atoms with E-state index in [-0.39, 0.29) is 5.91 Å². The van der Waals surface area contributed by atoms with E-state index >= 15 is 0 Å². The molecule has 0 aliphatic heterocycles. The third kappa shape index (κ3) is 4.88. The Balaban J connectivity index is 2.24. The maximum absolute atomic E-state index is 11.6. The van der Waals surface area contributed by atoms with E-state index < -0.39 is 12.0 Å². The Bertz CT molecular complexity index is 384. The van der Waals surface area contributed by atoms with Crippen molar-refractivity contribution in [1.82, 2.24) is 5.32 Å². The fraction of sp³-hybridized carbons (Fsp3) is 0.273. The molecular weight excluding hydrogens is 240 g/mol. The zero-order valence-corrected chi connectivity index (χ0v) is 10.1. The Morgan fingerprint density at radius 3 is 2.59 bits per heavy atom. The topological polar surface area (TPSA) is 94.0 Å². The van der Waals surface area contributed by atoms with E-state index in [0.717, 1.165) is 0 Å². The van der Waals surface area contributed by atoms with Crippen LogP contribution in [0.2, 0.25) is 0 Å². The molecule has 5 nitrogen and oxygen atoms in total. The van der Waals surface area contributed by atoms with Crippen molar-refractivity contribution in [3.8, 4) is 0 Å². The van der Waals surface area contributed by atoms with Crippen LogP contribution in [-0.2, 0) is 4.79 Å². The number of carbonyl (C=O) groups excluding carboxylic acids is 1. The second kappa shape index (κ2) is 6.93. The highest BCUT2D eigenvalue weighted by molar-refractivity contribution is 7.99. The van der Waals surface area contributed by atoms with Crippen LogP contribution in [-0.4, -0.2) is 34.7 Å². The van der Waals surface area contributed by atoms with Gasteiger partial charge in [0.2, 0.25) is 0 Å². The summed E-state index contributed by atoms with van der Waals surface area (Å²) in [5.74, 6) is -0.321. The average Bonchev–Trinajstić information content (AvgIpc) is 2.35. The Hall–Kier alpha value is -1.53. The lowest BCUT2D eigenvalue weighted by atomic mass is 10.2. The summed E-state index contributed by atoms with van der Waals surface area (Å²) in [5.41, 5.74) is 4.07. The van der Waals surface area contributed by atoms with Crippen molar-refractivity contribution in [3.63, 3.8) is 0 Å². The number of amides is 1. The molecular formula is C11H15N2O3S+. The van der Waals surface area contributed by atoms with Gasteiger partial charge in [0.25, 0.3) is 5.91 Å². The number of quaternary nitrogens is 1. The third-order valence-corrected chi connectivity index (χ3v) is 3.03. The lowest BCUT2D eigenvalue weighted by molar-refractivity contribution is -0.400. The summed E-state index contributed by atoms with van der Waals surface area (Å²) in [4.78, 5) is 22.1. The van der Waals surface area contributed by atoms with Gasteiger partial charge in [0.05, 0.1) is 11.6 Å². The van der Waals surface area contributed by atoms with Gasteiger partial charge in [0.15, 0.2) is 6.04 Å². The van der Waals surface area contributed by atoms with Gasteiger partial charge in [0.1, 0.15) is 0 Å². The lowest BCUT2D eigenvalue weighted by Gasteiger charge is -2.05. The lowest BCUT2D eigenvalue weighted by Crippen LogP contribution is -2.66. The molecule has 0 saturated heterocycles. The highest BCUT2D eigenvalue weighted by Gasteiger charge is 2.14. The molecule has 1 unspecified atom stereocenters. The number of aliphatic carboxylic acids is 1. The average molecular weight is 255 g/mol. The number of carbonyl (C=O) groups is 2. The smallest absolute Gasteiger partial charge is 0.363 e. The molecule has 92 valence electrons. The molecule has 1 aromatic rings. The summed E-state index contributed by atoms with van der Waals surface area (Å²) in [7, 11) is 0. The number of nitrogens with one attached hydrogen (secondary N) is 1. The van der Waals surface area contributed by atoms with Crippen LogP contribution in [0.25, 0.3) is 0 Å². The molecule has 0 aromatic heterocycles. The summed E-state index contributed by atoms with van der Waals surface area (Å²) < 4.78 is 0. The first-order chi connectivity index (χ1) is 8.11. The van der Waals surface area contributed by atoms with Gasteiger partial charge in [-0.2, -0.15) is 0 Å². The van der Waals surface area contributed by atoms with Crippen LogP contribution >= 0.6 is 11.8 Å². The normalized spacial score (nSPS) is 11.8. The molecule has 17 heavy (non-hydrogen) atoms. The second-order valence-corrected chi connectivity index (χ2v) is 4.45. The monoisotopic (exact) mass is 255 g/mol. The highest BCUT2D eigenvalue weighted by atomic mass is 32.2. The maximum Gasteiger partial charge on any atom is 0.363 e. The van der Waals surface area contributed by atoms with Gasteiger partial charge < -0.3 is 16.2 Å². The van der Waals surface area contributed by atoms with Crippen LogP contribution in [0.5, 0.6) is 0 Å². The van der Waals surface area contributed by atoms with Gasteiger partial charge in [-0.25, -0.2) is 4.79 Å². The van der Waals surface area contributed by atoms with Crippen LogP contribution in [0, 0.1) is 0 Å². The Labute approximate surface area is 103 Å². The molecule has 0 bridgehead atoms. The minimum atomic E-state index is -0.924. The molecule has 5 N–H and O–H groups in total. The van der Waals surface area contributed by atoms with Crippen molar-refractivity contribution in [2.75, 3.05) is 11.6 Å². The van der Waals surface area contributed by atoms with E-state index in [1.165, 1.54) is 11.8 Å². The molecule has 0 spiro atoms. The first-order valence-electron chi connectivity index (χ1n) is 5.08. The van der Waals surface area contributed by atoms with Gasteiger partial charge in [-0.05, 0) is 12.1 Å². The fourth-order valence-electron chi connectivity index (χ4n) is 1.08. The second-order valence-electron chi connectivity index (χ2n) is 3.42. The van der Waals surface area contributed by atoms with E-state index in [1.54, 1.807) is 24.3 Å². The Morgan fingerprint density at radius 1 is 1.35 bits per heavy atom. The summed E-state index contributed by atoms with van der Waals surface area (Å²) in [6.07, 6.45) is 0. The molecule has 0 aliphatic rings. The summed E-state index contributed by atoms with van der Waals surface area (Å²) >= 11 is 1.34. The van der Waals surface area contributed by atoms with E-state index in [0.29, 0.717) is 17.2 Å². The van der Waals surface area contributed by atoms with Gasteiger partial charge in [-0.1, -0.05) is 18.2 Å². The number of hydrogen-bond donors (Lipinski definition) is 3. The molecule has 0 aliphatic carbocycles. The van der Waals surface area contributed by atoms with Gasteiger partial charge >= 0.3 is 5.97 Å². The van der Waals surface area contributed by atoms with E-state index in [9.17, 15) is 9.59 Å². The first kappa shape index (κ1) is 13.5. The van der Waals surface area contributed by atoms with Gasteiger partial charge in [-0.3, -0.25) is 4.79 Å². The zero-order chi connectivity index (χ0) is 12.7. The number of carboxylic acid groups (broad SMARTS) is 1. The summed E-state index contributed by atoms with van der Waals surface area (Å²) in [6, 6.07) is 8.22. The minimum Gasteiger partial charge on any atom is -0.477 e. The first-order valence-corrected chi connectivity index (χ1v) is 6.23. The predicted octanol–water partition coefficient (Wildman–Crippen LogP) is -0.198.